The number of rotatable bonds is 1. The van der Waals surface area contributed by atoms with E-state index in [-0.39, 0.29) is 5.25 Å². The van der Waals surface area contributed by atoms with Gasteiger partial charge in [-0.25, -0.2) is 14.1 Å². The summed E-state index contributed by atoms with van der Waals surface area (Å²) < 4.78 is 15.0. The number of likely N-dealkylation sites (tertiary alicyclic amines) is 1. The molecule has 1 fully saturated rings. The Balaban J connectivity index is 2.74. The predicted octanol–water partition coefficient (Wildman–Crippen LogP) is -0.499. The molecule has 7 heteroatoms. The van der Waals surface area contributed by atoms with Crippen molar-refractivity contribution in [3.8, 4) is 0 Å². The molecule has 82 valence electrons. The van der Waals surface area contributed by atoms with Gasteiger partial charge in [0.15, 0.2) is 0 Å². The average molecular weight is 220 g/mol. The highest BCUT2D eigenvalue weighted by atomic mass is 32.2. The van der Waals surface area contributed by atoms with Gasteiger partial charge >= 0.3 is 6.03 Å². The second-order valence-corrected chi connectivity index (χ2v) is 5.62. The number of nitrogens with zero attached hydrogens (tertiary/aromatic N) is 2. The van der Waals surface area contributed by atoms with Crippen molar-refractivity contribution in [2.45, 2.75) is 18.1 Å². The van der Waals surface area contributed by atoms with Gasteiger partial charge in [-0.15, -0.1) is 4.36 Å². The smallest absolute Gasteiger partial charge is 0.347 e. The first kappa shape index (κ1) is 11.4. The van der Waals surface area contributed by atoms with Crippen LogP contribution in [0.25, 0.3) is 0 Å². The summed E-state index contributed by atoms with van der Waals surface area (Å²) in [5, 5.41) is 5.26. The summed E-state index contributed by atoms with van der Waals surface area (Å²) in [6.45, 7) is 1.65. The topological polar surface area (TPSA) is 102 Å². The largest absolute Gasteiger partial charge is 0.349 e. The van der Waals surface area contributed by atoms with Crippen LogP contribution >= 0.6 is 0 Å². The summed E-state index contributed by atoms with van der Waals surface area (Å²) in [7, 11) is -0.946. The van der Waals surface area contributed by atoms with Gasteiger partial charge in [0, 0.05) is 0 Å². The average Bonchev–Trinajstić information content (AvgIpc) is 2.02. The third kappa shape index (κ3) is 2.93. The maximum atomic E-state index is 11.8. The Morgan fingerprint density at radius 1 is 1.50 bits per heavy atom. The molecule has 0 radical (unpaired) electrons. The maximum absolute atomic E-state index is 11.8. The van der Waals surface area contributed by atoms with E-state index in [4.69, 9.17) is 10.9 Å². The Labute approximate surface area is 83.9 Å². The van der Waals surface area contributed by atoms with Gasteiger partial charge in [-0.05, 0) is 33.0 Å². The van der Waals surface area contributed by atoms with E-state index in [1.807, 2.05) is 7.05 Å². The summed E-state index contributed by atoms with van der Waals surface area (Å²) in [4.78, 5) is 12.6. The Morgan fingerprint density at radius 2 is 2.00 bits per heavy atom. The third-order valence-corrected chi connectivity index (χ3v) is 4.27. The molecule has 0 aromatic heterocycles. The van der Waals surface area contributed by atoms with Gasteiger partial charge in [0.2, 0.25) is 0 Å². The minimum atomic E-state index is -2.93. The first-order valence-electron chi connectivity index (χ1n) is 4.43. The lowest BCUT2D eigenvalue weighted by molar-refractivity contribution is 0.256. The molecule has 1 unspecified atom stereocenters. The Morgan fingerprint density at radius 3 is 2.43 bits per heavy atom. The molecule has 1 atom stereocenters. The molecule has 0 aromatic carbocycles. The number of hydrogen-bond donors (Lipinski definition) is 2. The van der Waals surface area contributed by atoms with Gasteiger partial charge in [-0.2, -0.15) is 0 Å². The first-order chi connectivity index (χ1) is 6.42. The van der Waals surface area contributed by atoms with Gasteiger partial charge in [0.25, 0.3) is 0 Å². The standard InChI is InChI=1S/C7H16N4O2S/c1-11-4-2-6(3-5-11)14(9,13)10-7(8)12/h6H,2-5H2,1H3,(H4,8,9,10,12,13). The van der Waals surface area contributed by atoms with Crippen LogP contribution in [-0.4, -0.2) is 40.5 Å². The number of nitrogens with two attached hydrogens (primary N) is 2. The molecule has 0 aliphatic carbocycles. The van der Waals surface area contributed by atoms with E-state index in [1.54, 1.807) is 0 Å². The molecule has 6 nitrogen and oxygen atoms in total. The van der Waals surface area contributed by atoms with Crippen molar-refractivity contribution in [2.24, 2.45) is 15.2 Å². The minimum Gasteiger partial charge on any atom is -0.349 e. The second-order valence-electron chi connectivity index (χ2n) is 3.55. The maximum Gasteiger partial charge on any atom is 0.347 e. The van der Waals surface area contributed by atoms with Crippen LogP contribution in [0.1, 0.15) is 12.8 Å². The van der Waals surface area contributed by atoms with E-state index in [2.05, 4.69) is 9.26 Å². The van der Waals surface area contributed by atoms with E-state index in [1.165, 1.54) is 0 Å². The highest BCUT2D eigenvalue weighted by molar-refractivity contribution is 7.92. The summed E-state index contributed by atoms with van der Waals surface area (Å²) in [5.74, 6) is 0. The zero-order chi connectivity index (χ0) is 10.8. The van der Waals surface area contributed by atoms with E-state index >= 15 is 0 Å². The fourth-order valence-corrected chi connectivity index (χ4v) is 2.85. The molecular weight excluding hydrogens is 204 g/mol. The van der Waals surface area contributed by atoms with Gasteiger partial charge in [-0.1, -0.05) is 0 Å². The first-order valence-corrected chi connectivity index (χ1v) is 6.07. The molecule has 2 amide bonds. The molecule has 1 aliphatic heterocycles. The van der Waals surface area contributed by atoms with Crippen molar-refractivity contribution < 1.29 is 9.00 Å². The molecule has 1 heterocycles. The van der Waals surface area contributed by atoms with Crippen molar-refractivity contribution in [1.82, 2.24) is 4.90 Å². The Hall–Kier alpha value is -0.660. The second kappa shape index (κ2) is 4.24. The van der Waals surface area contributed by atoms with Crippen LogP contribution in [0, 0.1) is 0 Å². The molecule has 0 saturated carbocycles. The van der Waals surface area contributed by atoms with Crippen LogP contribution < -0.4 is 10.9 Å². The highest BCUT2D eigenvalue weighted by Gasteiger charge is 2.25. The Bertz CT molecular complexity index is 327. The van der Waals surface area contributed by atoms with Crippen LogP contribution in [0.4, 0.5) is 4.79 Å². The summed E-state index contributed by atoms with van der Waals surface area (Å²) in [5.41, 5.74) is 4.84. The van der Waals surface area contributed by atoms with Crippen LogP contribution in [-0.2, 0) is 9.92 Å². The van der Waals surface area contributed by atoms with Crippen molar-refractivity contribution >= 4 is 15.9 Å². The van der Waals surface area contributed by atoms with Crippen molar-refractivity contribution in [3.05, 3.63) is 0 Å². The van der Waals surface area contributed by atoms with Crippen molar-refractivity contribution in [2.75, 3.05) is 20.1 Å². The lowest BCUT2D eigenvalue weighted by Crippen LogP contribution is -2.40. The lowest BCUT2D eigenvalue weighted by atomic mass is 10.1. The monoisotopic (exact) mass is 220 g/mol. The van der Waals surface area contributed by atoms with E-state index in [0.717, 1.165) is 13.1 Å². The number of piperidine rings is 1. The fourth-order valence-electron chi connectivity index (χ4n) is 1.54. The molecule has 14 heavy (non-hydrogen) atoms. The number of hydrogen-bond acceptors (Lipinski definition) is 3. The normalized spacial score (nSPS) is 24.1. The van der Waals surface area contributed by atoms with Crippen LogP contribution in [0.2, 0.25) is 0 Å². The number of amides is 2. The van der Waals surface area contributed by atoms with E-state index in [9.17, 15) is 9.00 Å². The molecule has 1 saturated heterocycles. The van der Waals surface area contributed by atoms with Crippen LogP contribution in [0.5, 0.6) is 0 Å². The lowest BCUT2D eigenvalue weighted by Gasteiger charge is -2.28. The van der Waals surface area contributed by atoms with Gasteiger partial charge in [0.1, 0.15) is 9.92 Å². The molecular formula is C7H16N4O2S. The Kier molecular flexibility index (Phi) is 3.46. The van der Waals surface area contributed by atoms with Crippen molar-refractivity contribution in [3.63, 3.8) is 0 Å². The molecule has 4 N–H and O–H groups in total. The number of carbonyl (C=O) groups is 1. The summed E-state index contributed by atoms with van der Waals surface area (Å²) in [6, 6.07) is -0.948. The minimum absolute atomic E-state index is 0.216. The quantitative estimate of drug-likeness (QED) is 0.622. The van der Waals surface area contributed by atoms with Crippen LogP contribution in [0.15, 0.2) is 4.36 Å². The fraction of sp³-hybridized carbons (Fsp3) is 0.857. The van der Waals surface area contributed by atoms with Gasteiger partial charge < -0.3 is 10.6 Å². The SMILES string of the molecule is CN1CCC(S(N)(=O)=NC(N)=O)CC1. The zero-order valence-electron chi connectivity index (χ0n) is 8.18. The van der Waals surface area contributed by atoms with Crippen molar-refractivity contribution in [1.29, 1.82) is 0 Å². The van der Waals surface area contributed by atoms with Crippen LogP contribution in [0.3, 0.4) is 0 Å². The number of urea groups is 1. The van der Waals surface area contributed by atoms with Gasteiger partial charge in [0.05, 0.1) is 5.25 Å². The predicted molar refractivity (Wildman–Crippen MR) is 54.9 cm³/mol. The number of carbonyl (C=O) groups excluding carboxylic acids is 1. The third-order valence-electron chi connectivity index (χ3n) is 2.38. The van der Waals surface area contributed by atoms with E-state index < -0.39 is 15.9 Å². The summed E-state index contributed by atoms with van der Waals surface area (Å²) >= 11 is 0. The highest BCUT2D eigenvalue weighted by Crippen LogP contribution is 2.15. The molecule has 1 rings (SSSR count). The van der Waals surface area contributed by atoms with E-state index in [0.29, 0.717) is 12.8 Å². The summed E-state index contributed by atoms with van der Waals surface area (Å²) in [6.07, 6.45) is 1.39. The molecule has 0 spiro atoms. The number of primary amides is 1. The molecule has 1 aliphatic rings. The van der Waals surface area contributed by atoms with Gasteiger partial charge in [-0.3, -0.25) is 0 Å². The zero-order valence-corrected chi connectivity index (χ0v) is 9.00. The molecule has 0 bridgehead atoms. The molecule has 0 aromatic rings.